The molecule has 0 aromatic carbocycles. The van der Waals surface area contributed by atoms with E-state index < -0.39 is 19.7 Å². The molecule has 3 nitrogen and oxygen atoms in total. The van der Waals surface area contributed by atoms with Gasteiger partial charge in [-0.25, -0.2) is 0 Å². The zero-order valence-corrected chi connectivity index (χ0v) is 16.1. The van der Waals surface area contributed by atoms with Gasteiger partial charge in [-0.3, -0.25) is 0 Å². The Morgan fingerprint density at radius 2 is 1.65 bits per heavy atom. The van der Waals surface area contributed by atoms with Crippen LogP contribution in [0.4, 0.5) is 0 Å². The summed E-state index contributed by atoms with van der Waals surface area (Å²) in [5.74, 6) is 0.441. The van der Waals surface area contributed by atoms with E-state index in [1.54, 1.807) is 0 Å². The third-order valence-electron chi connectivity index (χ3n) is 4.29. The fourth-order valence-electron chi connectivity index (χ4n) is 1.72. The molecular formula is C15H31NO2SSi. The Morgan fingerprint density at radius 3 is 2.05 bits per heavy atom. The monoisotopic (exact) mass is 317 g/mol. The largest absolute Gasteiger partial charge is 0.591 e. The molecular weight excluding hydrogens is 286 g/mol. The topological polar surface area (TPSA) is 44.7 Å². The Morgan fingerprint density at radius 1 is 1.15 bits per heavy atom. The van der Waals surface area contributed by atoms with Crippen LogP contribution >= 0.6 is 0 Å². The van der Waals surface area contributed by atoms with Gasteiger partial charge in [-0.2, -0.15) is 0 Å². The van der Waals surface area contributed by atoms with Crippen molar-refractivity contribution in [1.29, 1.82) is 0 Å². The van der Waals surface area contributed by atoms with Crippen molar-refractivity contribution in [3.8, 4) is 0 Å². The molecule has 0 spiro atoms. The molecule has 1 aliphatic rings. The predicted molar refractivity (Wildman–Crippen MR) is 91.2 cm³/mol. The van der Waals surface area contributed by atoms with Gasteiger partial charge in [0.1, 0.15) is 16.1 Å². The SMILES string of the molecule is CC(C)(C)[S@+]([O-])N=CC1CC(O[Si](C)(C)C(C)(C)C)C1. The second-order valence-electron chi connectivity index (χ2n) is 8.35. The van der Waals surface area contributed by atoms with E-state index in [1.165, 1.54) is 0 Å². The molecule has 118 valence electrons. The molecule has 0 bridgehead atoms. The lowest BCUT2D eigenvalue weighted by molar-refractivity contribution is 0.0816. The second kappa shape index (κ2) is 6.11. The molecule has 0 saturated heterocycles. The van der Waals surface area contributed by atoms with Crippen molar-refractivity contribution in [3.05, 3.63) is 0 Å². The zero-order valence-electron chi connectivity index (χ0n) is 14.3. The summed E-state index contributed by atoms with van der Waals surface area (Å²) in [6, 6.07) is 0. The average molecular weight is 318 g/mol. The van der Waals surface area contributed by atoms with Gasteiger partial charge in [0.05, 0.1) is 6.21 Å². The molecule has 0 heterocycles. The molecule has 0 aromatic heterocycles. The van der Waals surface area contributed by atoms with Crippen LogP contribution in [-0.2, 0) is 15.8 Å². The molecule has 0 aliphatic heterocycles. The molecule has 0 radical (unpaired) electrons. The van der Waals surface area contributed by atoms with Gasteiger partial charge in [-0.15, -0.1) is 0 Å². The Labute approximate surface area is 129 Å². The number of hydrogen-bond acceptors (Lipinski definition) is 3. The van der Waals surface area contributed by atoms with Crippen LogP contribution in [-0.4, -0.2) is 29.9 Å². The first-order valence-corrected chi connectivity index (χ1v) is 11.5. The third kappa shape index (κ3) is 4.86. The summed E-state index contributed by atoms with van der Waals surface area (Å²) in [4.78, 5) is 0. The fraction of sp³-hybridized carbons (Fsp3) is 0.933. The number of rotatable bonds is 4. The van der Waals surface area contributed by atoms with Crippen LogP contribution in [0, 0.1) is 5.92 Å². The number of nitrogens with zero attached hydrogens (tertiary/aromatic N) is 1. The van der Waals surface area contributed by atoms with Crippen molar-refractivity contribution in [1.82, 2.24) is 0 Å². The standard InChI is InChI=1S/C15H31NO2SSi/c1-14(2,3)19(17)16-11-12-9-13(10-12)18-20(7,8)15(4,5)6/h11-13H,9-10H2,1-8H3/t12?,13?,19-/m0/s1. The summed E-state index contributed by atoms with van der Waals surface area (Å²) in [5.41, 5.74) is 0. The van der Waals surface area contributed by atoms with Crippen LogP contribution < -0.4 is 0 Å². The first-order valence-electron chi connectivity index (χ1n) is 7.47. The maximum absolute atomic E-state index is 11.8. The lowest BCUT2D eigenvalue weighted by Crippen LogP contribution is -2.47. The smallest absolute Gasteiger partial charge is 0.192 e. The maximum Gasteiger partial charge on any atom is 0.192 e. The quantitative estimate of drug-likeness (QED) is 0.440. The highest BCUT2D eigenvalue weighted by molar-refractivity contribution is 7.91. The van der Waals surface area contributed by atoms with Gasteiger partial charge in [0.15, 0.2) is 8.32 Å². The van der Waals surface area contributed by atoms with Crippen molar-refractivity contribution in [2.75, 3.05) is 0 Å². The van der Waals surface area contributed by atoms with E-state index in [0.717, 1.165) is 12.8 Å². The minimum Gasteiger partial charge on any atom is -0.591 e. The Balaban J connectivity index is 2.39. The highest BCUT2D eigenvalue weighted by Gasteiger charge is 2.42. The van der Waals surface area contributed by atoms with Gasteiger partial charge >= 0.3 is 0 Å². The molecule has 0 unspecified atom stereocenters. The van der Waals surface area contributed by atoms with Gasteiger partial charge in [0.25, 0.3) is 0 Å². The van der Waals surface area contributed by atoms with Crippen LogP contribution in [0.5, 0.6) is 0 Å². The van der Waals surface area contributed by atoms with Crippen molar-refractivity contribution in [2.24, 2.45) is 10.3 Å². The highest BCUT2D eigenvalue weighted by atomic mass is 32.2. The van der Waals surface area contributed by atoms with Crippen LogP contribution in [0.15, 0.2) is 4.40 Å². The summed E-state index contributed by atoms with van der Waals surface area (Å²) in [7, 11) is -1.65. The minimum absolute atomic E-state index is 0.264. The second-order valence-corrected chi connectivity index (χ2v) is 15.0. The van der Waals surface area contributed by atoms with E-state index in [9.17, 15) is 4.55 Å². The molecule has 0 N–H and O–H groups in total. The molecule has 1 rings (SSSR count). The third-order valence-corrected chi connectivity index (χ3v) is 10.2. The van der Waals surface area contributed by atoms with E-state index in [0.29, 0.717) is 12.0 Å². The van der Waals surface area contributed by atoms with Gasteiger partial charge in [-0.1, -0.05) is 25.2 Å². The highest BCUT2D eigenvalue weighted by Crippen LogP contribution is 2.41. The maximum atomic E-state index is 11.8. The summed E-state index contributed by atoms with van der Waals surface area (Å²) < 4.78 is 22.1. The van der Waals surface area contributed by atoms with E-state index in [-0.39, 0.29) is 9.79 Å². The molecule has 0 aromatic rings. The van der Waals surface area contributed by atoms with Crippen LogP contribution in [0.1, 0.15) is 54.4 Å². The Hall–Kier alpha value is 0.157. The van der Waals surface area contributed by atoms with Crippen molar-refractivity contribution < 1.29 is 8.98 Å². The van der Waals surface area contributed by atoms with Gasteiger partial charge < -0.3 is 8.98 Å². The van der Waals surface area contributed by atoms with Crippen LogP contribution in [0.25, 0.3) is 0 Å². The summed E-state index contributed by atoms with van der Waals surface area (Å²) >= 11 is -1.13. The van der Waals surface area contributed by atoms with Gasteiger partial charge in [0, 0.05) is 12.0 Å². The minimum atomic E-state index is -1.65. The molecule has 1 atom stereocenters. The molecule has 5 heteroatoms. The Bertz CT molecular complexity index is 352. The van der Waals surface area contributed by atoms with E-state index in [4.69, 9.17) is 4.43 Å². The lowest BCUT2D eigenvalue weighted by atomic mass is 9.84. The predicted octanol–water partition coefficient (Wildman–Crippen LogP) is 4.32. The van der Waals surface area contributed by atoms with Crippen molar-refractivity contribution in [3.63, 3.8) is 0 Å². The molecule has 1 saturated carbocycles. The van der Waals surface area contributed by atoms with Crippen molar-refractivity contribution in [2.45, 2.75) is 83.4 Å². The lowest BCUT2D eigenvalue weighted by Gasteiger charge is -2.44. The van der Waals surface area contributed by atoms with E-state index in [1.807, 2.05) is 27.0 Å². The first-order chi connectivity index (χ1) is 8.83. The van der Waals surface area contributed by atoms with Gasteiger partial charge in [-0.05, 0) is 51.7 Å². The molecule has 1 aliphatic carbocycles. The summed E-state index contributed by atoms with van der Waals surface area (Å²) in [6.45, 7) is 17.2. The summed E-state index contributed by atoms with van der Waals surface area (Å²) in [5, 5.41) is 0.264. The molecule has 20 heavy (non-hydrogen) atoms. The Kier molecular flexibility index (Phi) is 5.56. The first kappa shape index (κ1) is 18.2. The van der Waals surface area contributed by atoms with Crippen LogP contribution in [0.3, 0.4) is 0 Å². The van der Waals surface area contributed by atoms with E-state index in [2.05, 4.69) is 38.3 Å². The molecule has 1 fully saturated rings. The van der Waals surface area contributed by atoms with E-state index >= 15 is 0 Å². The summed E-state index contributed by atoms with van der Waals surface area (Å²) in [6.07, 6.45) is 4.30. The zero-order chi connectivity index (χ0) is 15.8. The normalized spacial score (nSPS) is 26.6. The van der Waals surface area contributed by atoms with Gasteiger partial charge in [0.2, 0.25) is 0 Å². The van der Waals surface area contributed by atoms with Crippen molar-refractivity contribution >= 4 is 25.9 Å². The number of hydrogen-bond donors (Lipinski definition) is 0. The average Bonchev–Trinajstić information content (AvgIpc) is 2.17. The van der Waals surface area contributed by atoms with Crippen LogP contribution in [0.2, 0.25) is 18.1 Å². The fourth-order valence-corrected chi connectivity index (χ4v) is 3.70. The molecule has 0 amide bonds.